The first kappa shape index (κ1) is 11.2. The molecule has 0 aliphatic rings. The zero-order valence-corrected chi connectivity index (χ0v) is 10.1. The number of benzene rings is 1. The largest absolute Gasteiger partial charge is 0.328 e. The first-order valence-corrected chi connectivity index (χ1v) is 5.53. The topological polar surface area (TPSA) is 39.0 Å². The minimum Gasteiger partial charge on any atom is -0.318 e. The van der Waals surface area contributed by atoms with Crippen molar-refractivity contribution >= 4 is 22.6 Å². The Balaban J connectivity index is 2.71. The third kappa shape index (κ3) is 1.64. The van der Waals surface area contributed by atoms with Gasteiger partial charge in [-0.1, -0.05) is 17.7 Å². The molecular weight excluding hydrogens is 226 g/mol. The van der Waals surface area contributed by atoms with Crippen LogP contribution in [-0.4, -0.2) is 22.7 Å². The summed E-state index contributed by atoms with van der Waals surface area (Å²) in [5, 5.41) is 3.64. The van der Waals surface area contributed by atoms with E-state index < -0.39 is 0 Å². The molecule has 86 valence electrons. The van der Waals surface area contributed by atoms with Crippen molar-refractivity contribution in [3.8, 4) is 0 Å². The van der Waals surface area contributed by atoms with Crippen LogP contribution >= 0.6 is 11.6 Å². The number of imidazole rings is 1. The van der Waals surface area contributed by atoms with E-state index in [9.17, 15) is 4.79 Å². The van der Waals surface area contributed by atoms with Crippen molar-refractivity contribution in [3.63, 3.8) is 0 Å². The summed E-state index contributed by atoms with van der Waals surface area (Å²) in [4.78, 5) is 12.0. The van der Waals surface area contributed by atoms with Gasteiger partial charge in [-0.15, -0.1) is 0 Å². The predicted molar refractivity (Wildman–Crippen MR) is 66.1 cm³/mol. The highest BCUT2D eigenvalue weighted by Crippen LogP contribution is 2.21. The van der Waals surface area contributed by atoms with Crippen molar-refractivity contribution in [2.75, 3.05) is 13.6 Å². The standard InChI is InChI=1S/C11H14ClN3O/c1-13-6-7-15-10-8(12)4-3-5-9(10)14(2)11(15)16/h3-5,13H,6-7H2,1-2H3. The van der Waals surface area contributed by atoms with Crippen LogP contribution in [0.15, 0.2) is 23.0 Å². The summed E-state index contributed by atoms with van der Waals surface area (Å²) in [5.74, 6) is 0. The fourth-order valence-corrected chi connectivity index (χ4v) is 2.12. The summed E-state index contributed by atoms with van der Waals surface area (Å²) < 4.78 is 3.32. The van der Waals surface area contributed by atoms with Crippen LogP contribution in [0.5, 0.6) is 0 Å². The van der Waals surface area contributed by atoms with Gasteiger partial charge in [0.15, 0.2) is 0 Å². The fraction of sp³-hybridized carbons (Fsp3) is 0.364. The SMILES string of the molecule is CNCCn1c(=O)n(C)c2cccc(Cl)c21. The maximum absolute atomic E-state index is 12.0. The van der Waals surface area contributed by atoms with Crippen molar-refractivity contribution in [2.45, 2.75) is 6.54 Å². The van der Waals surface area contributed by atoms with E-state index in [1.165, 1.54) is 0 Å². The van der Waals surface area contributed by atoms with Crippen molar-refractivity contribution in [1.29, 1.82) is 0 Å². The van der Waals surface area contributed by atoms with Gasteiger partial charge in [-0.3, -0.25) is 9.13 Å². The monoisotopic (exact) mass is 239 g/mol. The number of halogens is 1. The maximum atomic E-state index is 12.0. The highest BCUT2D eigenvalue weighted by atomic mass is 35.5. The van der Waals surface area contributed by atoms with E-state index in [1.807, 2.05) is 19.2 Å². The number of nitrogens with zero attached hydrogens (tertiary/aromatic N) is 2. The lowest BCUT2D eigenvalue weighted by atomic mass is 10.3. The molecule has 0 radical (unpaired) electrons. The number of hydrogen-bond donors (Lipinski definition) is 1. The number of hydrogen-bond acceptors (Lipinski definition) is 2. The van der Waals surface area contributed by atoms with Crippen LogP contribution in [-0.2, 0) is 13.6 Å². The van der Waals surface area contributed by atoms with Gasteiger partial charge in [-0.05, 0) is 19.2 Å². The minimum absolute atomic E-state index is 0.0293. The molecule has 0 unspecified atom stereocenters. The number of aryl methyl sites for hydroxylation is 1. The van der Waals surface area contributed by atoms with Crippen LogP contribution in [0.1, 0.15) is 0 Å². The molecule has 0 spiro atoms. The predicted octanol–water partition coefficient (Wildman–Crippen LogP) is 1.21. The second-order valence-corrected chi connectivity index (χ2v) is 4.11. The first-order valence-electron chi connectivity index (χ1n) is 5.15. The second kappa shape index (κ2) is 4.31. The number of aromatic nitrogens is 2. The zero-order valence-electron chi connectivity index (χ0n) is 9.33. The van der Waals surface area contributed by atoms with Gasteiger partial charge in [0.05, 0.1) is 16.1 Å². The van der Waals surface area contributed by atoms with Crippen molar-refractivity contribution in [3.05, 3.63) is 33.7 Å². The summed E-state index contributed by atoms with van der Waals surface area (Å²) in [6, 6.07) is 5.56. The Morgan fingerprint density at radius 3 is 2.88 bits per heavy atom. The fourth-order valence-electron chi connectivity index (χ4n) is 1.85. The van der Waals surface area contributed by atoms with Crippen molar-refractivity contribution in [1.82, 2.24) is 14.5 Å². The molecule has 1 aromatic carbocycles. The molecule has 16 heavy (non-hydrogen) atoms. The van der Waals surface area contributed by atoms with Gasteiger partial charge < -0.3 is 5.32 Å². The van der Waals surface area contributed by atoms with Crippen LogP contribution in [0.25, 0.3) is 11.0 Å². The molecule has 5 heteroatoms. The Labute approximate surface area is 98.4 Å². The van der Waals surface area contributed by atoms with E-state index in [4.69, 9.17) is 11.6 Å². The number of para-hydroxylation sites is 1. The molecule has 0 amide bonds. The third-order valence-electron chi connectivity index (χ3n) is 2.70. The van der Waals surface area contributed by atoms with Crippen molar-refractivity contribution in [2.24, 2.45) is 7.05 Å². The summed E-state index contributed by atoms with van der Waals surface area (Å²) in [5.41, 5.74) is 1.65. The van der Waals surface area contributed by atoms with E-state index in [0.717, 1.165) is 17.6 Å². The van der Waals surface area contributed by atoms with Gasteiger partial charge in [0.1, 0.15) is 0 Å². The quantitative estimate of drug-likeness (QED) is 0.875. The second-order valence-electron chi connectivity index (χ2n) is 3.70. The van der Waals surface area contributed by atoms with E-state index in [2.05, 4.69) is 5.32 Å². The van der Waals surface area contributed by atoms with E-state index in [-0.39, 0.29) is 5.69 Å². The number of rotatable bonds is 3. The van der Waals surface area contributed by atoms with E-state index in [0.29, 0.717) is 11.6 Å². The lowest BCUT2D eigenvalue weighted by Gasteiger charge is -2.03. The molecule has 1 N–H and O–H groups in total. The summed E-state index contributed by atoms with van der Waals surface area (Å²) in [6.07, 6.45) is 0. The van der Waals surface area contributed by atoms with Gasteiger partial charge in [0.25, 0.3) is 0 Å². The number of fused-ring (bicyclic) bond motifs is 1. The molecular formula is C11H14ClN3O. The number of likely N-dealkylation sites (N-methyl/N-ethyl adjacent to an activating group) is 1. The Hall–Kier alpha value is -1.26. The zero-order chi connectivity index (χ0) is 11.7. The molecule has 0 aliphatic heterocycles. The third-order valence-corrected chi connectivity index (χ3v) is 3.00. The van der Waals surface area contributed by atoms with Gasteiger partial charge in [0, 0.05) is 20.1 Å². The van der Waals surface area contributed by atoms with Crippen LogP contribution < -0.4 is 11.0 Å². The molecule has 1 aromatic heterocycles. The van der Waals surface area contributed by atoms with E-state index >= 15 is 0 Å². The van der Waals surface area contributed by atoms with E-state index in [1.54, 1.807) is 22.2 Å². The average Bonchev–Trinajstić information content (AvgIpc) is 2.52. The van der Waals surface area contributed by atoms with Crippen LogP contribution in [0.3, 0.4) is 0 Å². The smallest absolute Gasteiger partial charge is 0.318 e. The van der Waals surface area contributed by atoms with Crippen LogP contribution in [0.4, 0.5) is 0 Å². The van der Waals surface area contributed by atoms with Crippen LogP contribution in [0, 0.1) is 0 Å². The molecule has 0 bridgehead atoms. The highest BCUT2D eigenvalue weighted by molar-refractivity contribution is 6.35. The first-order chi connectivity index (χ1) is 7.66. The molecule has 0 atom stereocenters. The maximum Gasteiger partial charge on any atom is 0.328 e. The normalized spacial score (nSPS) is 11.2. The van der Waals surface area contributed by atoms with Crippen molar-refractivity contribution < 1.29 is 0 Å². The molecule has 0 saturated heterocycles. The molecule has 2 aromatic rings. The number of nitrogens with one attached hydrogen (secondary N) is 1. The van der Waals surface area contributed by atoms with Gasteiger partial charge >= 0.3 is 5.69 Å². The van der Waals surface area contributed by atoms with Gasteiger partial charge in [0.2, 0.25) is 0 Å². The highest BCUT2D eigenvalue weighted by Gasteiger charge is 2.12. The summed E-state index contributed by atoms with van der Waals surface area (Å²) in [6.45, 7) is 1.36. The van der Waals surface area contributed by atoms with Gasteiger partial charge in [-0.2, -0.15) is 0 Å². The minimum atomic E-state index is -0.0293. The molecule has 4 nitrogen and oxygen atoms in total. The Kier molecular flexibility index (Phi) is 3.03. The average molecular weight is 240 g/mol. The molecule has 1 heterocycles. The summed E-state index contributed by atoms with van der Waals surface area (Å²) in [7, 11) is 3.62. The lowest BCUT2D eigenvalue weighted by molar-refractivity contribution is 0.627. The van der Waals surface area contributed by atoms with Gasteiger partial charge in [-0.25, -0.2) is 4.79 Å². The molecule has 0 saturated carbocycles. The Bertz CT molecular complexity index is 570. The summed E-state index contributed by atoms with van der Waals surface area (Å²) >= 11 is 6.13. The lowest BCUT2D eigenvalue weighted by Crippen LogP contribution is -2.26. The Morgan fingerprint density at radius 1 is 1.44 bits per heavy atom. The molecule has 2 rings (SSSR count). The Morgan fingerprint density at radius 2 is 2.19 bits per heavy atom. The molecule has 0 aliphatic carbocycles. The van der Waals surface area contributed by atoms with Crippen LogP contribution in [0.2, 0.25) is 5.02 Å². The molecule has 0 fully saturated rings.